The molecule has 0 fully saturated rings. The summed E-state index contributed by atoms with van der Waals surface area (Å²) in [6.07, 6.45) is 1.32. The standard InChI is InChI=1S/C7H16N2O2S.2ClH/c8-6(7(10)11)2-1-3-9-4-5-12;;/h6,9,12H,1-5,8H2,(H,10,11);2*1H/t6-;;/m0../s1. The number of aliphatic carboxylic acids is 1. The van der Waals surface area contributed by atoms with E-state index in [1.807, 2.05) is 0 Å². The molecule has 0 spiro atoms. The summed E-state index contributed by atoms with van der Waals surface area (Å²) >= 11 is 4.01. The molecule has 4 N–H and O–H groups in total. The Labute approximate surface area is 102 Å². The number of carboxylic acid groups (broad SMARTS) is 1. The van der Waals surface area contributed by atoms with Crippen molar-refractivity contribution in [2.45, 2.75) is 18.9 Å². The summed E-state index contributed by atoms with van der Waals surface area (Å²) in [6.45, 7) is 1.66. The Kier molecular flexibility index (Phi) is 18.9. The quantitative estimate of drug-likeness (QED) is 0.400. The minimum Gasteiger partial charge on any atom is -0.480 e. The van der Waals surface area contributed by atoms with Crippen LogP contribution in [0.4, 0.5) is 0 Å². The lowest BCUT2D eigenvalue weighted by atomic mass is 10.2. The molecule has 7 heteroatoms. The van der Waals surface area contributed by atoms with Gasteiger partial charge in [-0.05, 0) is 19.4 Å². The molecule has 0 aliphatic carbocycles. The topological polar surface area (TPSA) is 75.3 Å². The highest BCUT2D eigenvalue weighted by molar-refractivity contribution is 7.80. The van der Waals surface area contributed by atoms with Gasteiger partial charge in [-0.1, -0.05) is 0 Å². The van der Waals surface area contributed by atoms with Gasteiger partial charge in [-0.3, -0.25) is 4.79 Å². The summed E-state index contributed by atoms with van der Waals surface area (Å²) in [5.41, 5.74) is 5.29. The van der Waals surface area contributed by atoms with Gasteiger partial charge in [0.2, 0.25) is 0 Å². The van der Waals surface area contributed by atoms with Gasteiger partial charge in [0.05, 0.1) is 0 Å². The van der Waals surface area contributed by atoms with Crippen molar-refractivity contribution < 1.29 is 9.90 Å². The zero-order valence-electron chi connectivity index (χ0n) is 7.81. The lowest BCUT2D eigenvalue weighted by Crippen LogP contribution is -2.31. The zero-order chi connectivity index (χ0) is 9.40. The first-order valence-corrected chi connectivity index (χ1v) is 4.61. The molecule has 0 aromatic carbocycles. The molecule has 88 valence electrons. The lowest BCUT2D eigenvalue weighted by Gasteiger charge is -2.05. The van der Waals surface area contributed by atoms with Gasteiger partial charge in [-0.2, -0.15) is 12.6 Å². The molecule has 0 saturated carbocycles. The van der Waals surface area contributed by atoms with E-state index in [2.05, 4.69) is 17.9 Å². The van der Waals surface area contributed by atoms with E-state index in [9.17, 15) is 4.79 Å². The summed E-state index contributed by atoms with van der Waals surface area (Å²) in [4.78, 5) is 10.3. The summed E-state index contributed by atoms with van der Waals surface area (Å²) in [5, 5.41) is 11.5. The Balaban J connectivity index is -0.000000605. The van der Waals surface area contributed by atoms with Crippen molar-refractivity contribution in [3.8, 4) is 0 Å². The van der Waals surface area contributed by atoms with Crippen molar-refractivity contribution in [3.63, 3.8) is 0 Å². The number of nitrogens with two attached hydrogens (primary N) is 1. The Bertz CT molecular complexity index is 141. The van der Waals surface area contributed by atoms with Crippen molar-refractivity contribution in [2.75, 3.05) is 18.8 Å². The van der Waals surface area contributed by atoms with Crippen molar-refractivity contribution in [1.82, 2.24) is 5.32 Å². The molecule has 0 aromatic heterocycles. The fourth-order valence-corrected chi connectivity index (χ4v) is 0.933. The van der Waals surface area contributed by atoms with Crippen LogP contribution in [0, 0.1) is 0 Å². The summed E-state index contributed by atoms with van der Waals surface area (Å²) in [7, 11) is 0. The molecular weight excluding hydrogens is 247 g/mol. The van der Waals surface area contributed by atoms with Gasteiger partial charge >= 0.3 is 5.97 Å². The third-order valence-corrected chi connectivity index (χ3v) is 1.70. The first kappa shape index (κ1) is 19.8. The fraction of sp³-hybridized carbons (Fsp3) is 0.857. The molecule has 0 heterocycles. The maximum atomic E-state index is 10.3. The van der Waals surface area contributed by atoms with Crippen LogP contribution in [-0.4, -0.2) is 36.0 Å². The zero-order valence-corrected chi connectivity index (χ0v) is 10.3. The van der Waals surface area contributed by atoms with E-state index in [-0.39, 0.29) is 24.8 Å². The minimum absolute atomic E-state index is 0. The second kappa shape index (κ2) is 13.3. The first-order valence-electron chi connectivity index (χ1n) is 3.98. The van der Waals surface area contributed by atoms with E-state index in [1.165, 1.54) is 0 Å². The summed E-state index contributed by atoms with van der Waals surface area (Å²) in [5.74, 6) is -0.130. The molecule has 4 nitrogen and oxygen atoms in total. The number of carbonyl (C=O) groups is 1. The van der Waals surface area contributed by atoms with Crippen molar-refractivity contribution in [1.29, 1.82) is 0 Å². The number of hydrogen-bond donors (Lipinski definition) is 4. The van der Waals surface area contributed by atoms with Crippen LogP contribution in [0.1, 0.15) is 12.8 Å². The van der Waals surface area contributed by atoms with Crippen LogP contribution in [0.3, 0.4) is 0 Å². The predicted molar refractivity (Wildman–Crippen MR) is 66.1 cm³/mol. The highest BCUT2D eigenvalue weighted by Gasteiger charge is 2.09. The lowest BCUT2D eigenvalue weighted by molar-refractivity contribution is -0.138. The van der Waals surface area contributed by atoms with Gasteiger partial charge in [-0.25, -0.2) is 0 Å². The van der Waals surface area contributed by atoms with Crippen LogP contribution in [0.15, 0.2) is 0 Å². The third-order valence-electron chi connectivity index (χ3n) is 1.47. The smallest absolute Gasteiger partial charge is 0.320 e. The van der Waals surface area contributed by atoms with E-state index in [1.54, 1.807) is 0 Å². The molecule has 0 bridgehead atoms. The van der Waals surface area contributed by atoms with Gasteiger partial charge in [-0.15, -0.1) is 24.8 Å². The molecule has 0 aromatic rings. The van der Waals surface area contributed by atoms with Gasteiger partial charge in [0.25, 0.3) is 0 Å². The molecule has 0 radical (unpaired) electrons. The van der Waals surface area contributed by atoms with E-state index in [0.717, 1.165) is 25.3 Å². The first-order chi connectivity index (χ1) is 5.68. The van der Waals surface area contributed by atoms with Gasteiger partial charge in [0.15, 0.2) is 0 Å². The van der Waals surface area contributed by atoms with Crippen LogP contribution >= 0.6 is 37.4 Å². The number of halogens is 2. The molecule has 1 atom stereocenters. The number of carboxylic acids is 1. The highest BCUT2D eigenvalue weighted by Crippen LogP contribution is 1.92. The maximum absolute atomic E-state index is 10.3. The van der Waals surface area contributed by atoms with Crippen LogP contribution in [0.5, 0.6) is 0 Å². The number of hydrogen-bond acceptors (Lipinski definition) is 4. The third kappa shape index (κ3) is 12.3. The largest absolute Gasteiger partial charge is 0.480 e. The molecule has 0 aliphatic rings. The molecule has 0 rings (SSSR count). The Morgan fingerprint density at radius 1 is 1.43 bits per heavy atom. The van der Waals surface area contributed by atoms with Crippen molar-refractivity contribution in [2.24, 2.45) is 5.73 Å². The molecule has 14 heavy (non-hydrogen) atoms. The fourth-order valence-electron chi connectivity index (χ4n) is 0.775. The highest BCUT2D eigenvalue weighted by atomic mass is 35.5. The predicted octanol–water partition coefficient (Wildman–Crippen LogP) is 0.541. The Hall–Kier alpha value is 0.320. The minimum atomic E-state index is -0.927. The summed E-state index contributed by atoms with van der Waals surface area (Å²) < 4.78 is 0. The maximum Gasteiger partial charge on any atom is 0.320 e. The molecule has 0 unspecified atom stereocenters. The molecule has 0 amide bonds. The Morgan fingerprint density at radius 2 is 2.00 bits per heavy atom. The number of nitrogens with one attached hydrogen (secondary N) is 1. The van der Waals surface area contributed by atoms with Gasteiger partial charge in [0.1, 0.15) is 6.04 Å². The van der Waals surface area contributed by atoms with E-state index in [4.69, 9.17) is 10.8 Å². The van der Waals surface area contributed by atoms with Crippen LogP contribution in [0.2, 0.25) is 0 Å². The van der Waals surface area contributed by atoms with Gasteiger partial charge < -0.3 is 16.2 Å². The van der Waals surface area contributed by atoms with E-state index >= 15 is 0 Å². The average Bonchev–Trinajstić information content (AvgIpc) is 2.03. The SMILES string of the molecule is Cl.Cl.N[C@@H](CCCNCCS)C(=O)O. The van der Waals surface area contributed by atoms with E-state index < -0.39 is 12.0 Å². The summed E-state index contributed by atoms with van der Waals surface area (Å²) in [6, 6.07) is -0.720. The van der Waals surface area contributed by atoms with E-state index in [0.29, 0.717) is 6.42 Å². The van der Waals surface area contributed by atoms with Crippen molar-refractivity contribution >= 4 is 43.4 Å². The van der Waals surface area contributed by atoms with Crippen LogP contribution in [0.25, 0.3) is 0 Å². The second-order valence-corrected chi connectivity index (χ2v) is 3.01. The monoisotopic (exact) mass is 264 g/mol. The second-order valence-electron chi connectivity index (χ2n) is 2.56. The average molecular weight is 265 g/mol. The number of thiol groups is 1. The molecular formula is C7H18Cl2N2O2S. The number of rotatable bonds is 7. The van der Waals surface area contributed by atoms with Crippen LogP contribution in [-0.2, 0) is 4.79 Å². The van der Waals surface area contributed by atoms with Crippen LogP contribution < -0.4 is 11.1 Å². The molecule has 0 saturated heterocycles. The molecule has 0 aliphatic heterocycles. The van der Waals surface area contributed by atoms with Gasteiger partial charge in [0, 0.05) is 12.3 Å². The Morgan fingerprint density at radius 3 is 2.43 bits per heavy atom. The normalized spacial score (nSPS) is 11.0. The van der Waals surface area contributed by atoms with Crippen molar-refractivity contribution in [3.05, 3.63) is 0 Å².